The highest BCUT2D eigenvalue weighted by atomic mass is 79.9. The van der Waals surface area contributed by atoms with Crippen LogP contribution in [0.15, 0.2) is 33.3 Å². The molecule has 19 heavy (non-hydrogen) atoms. The van der Waals surface area contributed by atoms with E-state index >= 15 is 0 Å². The topological polar surface area (TPSA) is 62.4 Å². The van der Waals surface area contributed by atoms with Crippen LogP contribution in [0.1, 0.15) is 12.3 Å². The Labute approximate surface area is 119 Å². The maximum Gasteiger partial charge on any atom is 0.241 e. The predicted molar refractivity (Wildman–Crippen MR) is 73.3 cm³/mol. The van der Waals surface area contributed by atoms with Gasteiger partial charge in [0.2, 0.25) is 11.7 Å². The second kappa shape index (κ2) is 5.40. The largest absolute Gasteiger partial charge is 0.392 e. The molecule has 1 fully saturated rings. The molecule has 1 N–H and O–H groups in total. The normalized spacial score (nSPS) is 20.0. The molecule has 3 rings (SSSR count). The minimum absolute atomic E-state index is 0.229. The van der Waals surface area contributed by atoms with Crippen molar-refractivity contribution in [3.05, 3.63) is 34.6 Å². The summed E-state index contributed by atoms with van der Waals surface area (Å²) < 4.78 is 6.24. The Morgan fingerprint density at radius 2 is 2.37 bits per heavy atom. The third kappa shape index (κ3) is 3.02. The van der Waals surface area contributed by atoms with E-state index in [1.54, 1.807) is 0 Å². The van der Waals surface area contributed by atoms with Crippen LogP contribution in [0.2, 0.25) is 0 Å². The Morgan fingerprint density at radius 3 is 3.11 bits per heavy atom. The molecule has 100 valence electrons. The van der Waals surface area contributed by atoms with E-state index in [9.17, 15) is 5.11 Å². The molecule has 0 unspecified atom stereocenters. The summed E-state index contributed by atoms with van der Waals surface area (Å²) in [7, 11) is 0. The van der Waals surface area contributed by atoms with Gasteiger partial charge < -0.3 is 9.63 Å². The van der Waals surface area contributed by atoms with Crippen molar-refractivity contribution in [3.8, 4) is 11.4 Å². The van der Waals surface area contributed by atoms with E-state index in [1.807, 2.05) is 24.3 Å². The van der Waals surface area contributed by atoms with Crippen molar-refractivity contribution in [2.75, 3.05) is 13.1 Å². The first-order chi connectivity index (χ1) is 9.20. The van der Waals surface area contributed by atoms with E-state index < -0.39 is 0 Å². The minimum atomic E-state index is -0.229. The van der Waals surface area contributed by atoms with Crippen LogP contribution in [0.4, 0.5) is 0 Å². The van der Waals surface area contributed by atoms with Crippen LogP contribution in [0, 0.1) is 0 Å². The van der Waals surface area contributed by atoms with Crippen LogP contribution in [0.5, 0.6) is 0 Å². The standard InChI is InChI=1S/C13H14BrN3O2/c14-10-3-1-2-9(6-10)13-15-12(19-16-13)8-17-5-4-11(18)7-17/h1-3,6,11,18H,4-5,7-8H2/t11-/m1/s1. The van der Waals surface area contributed by atoms with Crippen molar-refractivity contribution in [2.24, 2.45) is 0 Å². The third-order valence-corrected chi connectivity index (χ3v) is 3.65. The molecule has 1 atom stereocenters. The number of aromatic nitrogens is 2. The van der Waals surface area contributed by atoms with E-state index in [2.05, 4.69) is 31.0 Å². The first kappa shape index (κ1) is 12.8. The Hall–Kier alpha value is -1.24. The molecule has 0 radical (unpaired) electrons. The number of nitrogens with zero attached hydrogens (tertiary/aromatic N) is 3. The molecule has 0 bridgehead atoms. The molecule has 2 heterocycles. The van der Waals surface area contributed by atoms with Gasteiger partial charge in [-0.3, -0.25) is 4.90 Å². The molecule has 1 aliphatic heterocycles. The molecule has 1 aliphatic rings. The summed E-state index contributed by atoms with van der Waals surface area (Å²) in [6, 6.07) is 7.79. The lowest BCUT2D eigenvalue weighted by Gasteiger charge is -2.10. The van der Waals surface area contributed by atoms with Crippen LogP contribution < -0.4 is 0 Å². The lowest BCUT2D eigenvalue weighted by molar-refractivity contribution is 0.169. The van der Waals surface area contributed by atoms with Gasteiger partial charge in [-0.1, -0.05) is 33.2 Å². The molecule has 6 heteroatoms. The van der Waals surface area contributed by atoms with Gasteiger partial charge in [0, 0.05) is 23.1 Å². The Kier molecular flexibility index (Phi) is 3.63. The van der Waals surface area contributed by atoms with Crippen molar-refractivity contribution in [1.29, 1.82) is 0 Å². The summed E-state index contributed by atoms with van der Waals surface area (Å²) in [5, 5.41) is 13.5. The molecule has 0 saturated carbocycles. The molecular weight excluding hydrogens is 310 g/mol. The maximum atomic E-state index is 9.48. The fourth-order valence-corrected chi connectivity index (χ4v) is 2.61. The van der Waals surface area contributed by atoms with E-state index in [0.29, 0.717) is 24.8 Å². The molecule has 0 amide bonds. The smallest absolute Gasteiger partial charge is 0.241 e. The van der Waals surface area contributed by atoms with Crippen molar-refractivity contribution in [1.82, 2.24) is 15.0 Å². The van der Waals surface area contributed by atoms with Gasteiger partial charge >= 0.3 is 0 Å². The van der Waals surface area contributed by atoms with Crippen LogP contribution in [-0.4, -0.2) is 39.3 Å². The van der Waals surface area contributed by atoms with Gasteiger partial charge in [-0.25, -0.2) is 0 Å². The van der Waals surface area contributed by atoms with Gasteiger partial charge in [-0.15, -0.1) is 0 Å². The molecule has 0 aliphatic carbocycles. The molecule has 1 aromatic heterocycles. The zero-order valence-corrected chi connectivity index (χ0v) is 11.9. The quantitative estimate of drug-likeness (QED) is 0.936. The summed E-state index contributed by atoms with van der Waals surface area (Å²) in [4.78, 5) is 6.50. The molecule has 5 nitrogen and oxygen atoms in total. The lowest BCUT2D eigenvalue weighted by Crippen LogP contribution is -2.21. The van der Waals surface area contributed by atoms with Gasteiger partial charge in [0.05, 0.1) is 12.6 Å². The monoisotopic (exact) mass is 323 g/mol. The Balaban J connectivity index is 1.73. The van der Waals surface area contributed by atoms with Gasteiger partial charge in [-0.05, 0) is 18.6 Å². The van der Waals surface area contributed by atoms with Crippen molar-refractivity contribution < 1.29 is 9.63 Å². The SMILES string of the molecule is O[C@@H]1CCN(Cc2nc(-c3cccc(Br)c3)no2)C1. The third-order valence-electron chi connectivity index (χ3n) is 3.16. The highest BCUT2D eigenvalue weighted by Gasteiger charge is 2.22. The summed E-state index contributed by atoms with van der Waals surface area (Å²) in [6.07, 6.45) is 0.583. The highest BCUT2D eigenvalue weighted by molar-refractivity contribution is 9.10. The van der Waals surface area contributed by atoms with E-state index in [1.165, 1.54) is 0 Å². The number of aliphatic hydroxyl groups excluding tert-OH is 1. The lowest BCUT2D eigenvalue weighted by atomic mass is 10.2. The number of benzene rings is 1. The average molecular weight is 324 g/mol. The van der Waals surface area contributed by atoms with Crippen molar-refractivity contribution in [2.45, 2.75) is 19.1 Å². The van der Waals surface area contributed by atoms with Crippen LogP contribution in [0.25, 0.3) is 11.4 Å². The Bertz CT molecular complexity index is 573. The minimum Gasteiger partial charge on any atom is -0.392 e. The van der Waals surface area contributed by atoms with Gasteiger partial charge in [0.15, 0.2) is 0 Å². The van der Waals surface area contributed by atoms with E-state index in [0.717, 1.165) is 23.0 Å². The zero-order valence-electron chi connectivity index (χ0n) is 10.3. The zero-order chi connectivity index (χ0) is 13.2. The number of likely N-dealkylation sites (tertiary alicyclic amines) is 1. The average Bonchev–Trinajstić information content (AvgIpc) is 2.99. The second-order valence-corrected chi connectivity index (χ2v) is 5.62. The first-order valence-corrected chi connectivity index (χ1v) is 6.99. The number of rotatable bonds is 3. The van der Waals surface area contributed by atoms with Crippen LogP contribution in [0.3, 0.4) is 0 Å². The number of hydrogen-bond acceptors (Lipinski definition) is 5. The van der Waals surface area contributed by atoms with Crippen LogP contribution >= 0.6 is 15.9 Å². The number of hydrogen-bond donors (Lipinski definition) is 1. The van der Waals surface area contributed by atoms with E-state index in [4.69, 9.17) is 4.52 Å². The Morgan fingerprint density at radius 1 is 1.47 bits per heavy atom. The molecule has 2 aromatic rings. The molecule has 0 spiro atoms. The molecule has 1 saturated heterocycles. The summed E-state index contributed by atoms with van der Waals surface area (Å²) in [6.45, 7) is 2.14. The fourth-order valence-electron chi connectivity index (χ4n) is 2.21. The number of halogens is 1. The first-order valence-electron chi connectivity index (χ1n) is 6.19. The fraction of sp³-hybridized carbons (Fsp3) is 0.385. The second-order valence-electron chi connectivity index (χ2n) is 4.70. The molecule has 1 aromatic carbocycles. The van der Waals surface area contributed by atoms with Crippen molar-refractivity contribution in [3.63, 3.8) is 0 Å². The summed E-state index contributed by atoms with van der Waals surface area (Å²) in [5.41, 5.74) is 0.922. The number of aliphatic hydroxyl groups is 1. The highest BCUT2D eigenvalue weighted by Crippen LogP contribution is 2.21. The van der Waals surface area contributed by atoms with Gasteiger partial charge in [-0.2, -0.15) is 4.98 Å². The predicted octanol–water partition coefficient (Wildman–Crippen LogP) is 2.07. The van der Waals surface area contributed by atoms with Gasteiger partial charge in [0.1, 0.15) is 0 Å². The maximum absolute atomic E-state index is 9.48. The van der Waals surface area contributed by atoms with E-state index in [-0.39, 0.29) is 6.10 Å². The van der Waals surface area contributed by atoms with Gasteiger partial charge in [0.25, 0.3) is 0 Å². The summed E-state index contributed by atoms with van der Waals surface area (Å²) >= 11 is 3.42. The van der Waals surface area contributed by atoms with Crippen molar-refractivity contribution >= 4 is 15.9 Å². The number of β-amino-alcohol motifs (C(OH)–C–C–N with tert-alkyl or cyclic N) is 1. The summed E-state index contributed by atoms with van der Waals surface area (Å²) in [5.74, 6) is 1.18. The molecular formula is C13H14BrN3O2. The van der Waals surface area contributed by atoms with Crippen LogP contribution in [-0.2, 0) is 6.54 Å².